The molecule has 0 aliphatic rings. The Kier molecular flexibility index (Phi) is 5.37. The smallest absolute Gasteiger partial charge is 0.0348 e. The number of nitrogens with zero attached hydrogens (tertiary/aromatic N) is 1. The van der Waals surface area contributed by atoms with Gasteiger partial charge in [-0.1, -0.05) is 69.3 Å². The molecule has 0 aromatic heterocycles. The summed E-state index contributed by atoms with van der Waals surface area (Å²) < 4.78 is 0. The third-order valence-electron chi connectivity index (χ3n) is 3.91. The highest BCUT2D eigenvalue weighted by Crippen LogP contribution is 2.28. The van der Waals surface area contributed by atoms with Crippen LogP contribution in [0.2, 0.25) is 0 Å². The molecule has 1 unspecified atom stereocenters. The van der Waals surface area contributed by atoms with Crippen molar-refractivity contribution in [3.8, 4) is 11.1 Å². The summed E-state index contributed by atoms with van der Waals surface area (Å²) >= 11 is 0. The minimum Gasteiger partial charge on any atom is -0.297 e. The lowest BCUT2D eigenvalue weighted by molar-refractivity contribution is 0.219. The van der Waals surface area contributed by atoms with Crippen LogP contribution >= 0.6 is 0 Å². The van der Waals surface area contributed by atoms with Crippen molar-refractivity contribution in [1.82, 2.24) is 4.90 Å². The van der Waals surface area contributed by atoms with E-state index in [1.54, 1.807) is 0 Å². The Morgan fingerprint density at radius 1 is 0.900 bits per heavy atom. The molecule has 0 amide bonds. The van der Waals surface area contributed by atoms with E-state index in [4.69, 9.17) is 0 Å². The Morgan fingerprint density at radius 2 is 1.55 bits per heavy atom. The van der Waals surface area contributed by atoms with E-state index in [2.05, 4.69) is 80.3 Å². The standard InChI is InChI=1S/C19H24N/c1-4-19(20(5-2)6-3)18-14-10-13-17(15-18)16-11-8-7-9-12-16/h7-15,19H,1,4-6H2,2-3H3. The van der Waals surface area contributed by atoms with Gasteiger partial charge < -0.3 is 0 Å². The molecule has 105 valence electrons. The highest BCUT2D eigenvalue weighted by atomic mass is 15.1. The summed E-state index contributed by atoms with van der Waals surface area (Å²) in [5.74, 6) is 0. The van der Waals surface area contributed by atoms with Gasteiger partial charge in [0.15, 0.2) is 0 Å². The molecular weight excluding hydrogens is 242 g/mol. The first-order valence-corrected chi connectivity index (χ1v) is 7.48. The lowest BCUT2D eigenvalue weighted by Gasteiger charge is -2.29. The highest BCUT2D eigenvalue weighted by molar-refractivity contribution is 5.64. The minimum absolute atomic E-state index is 0.411. The zero-order valence-corrected chi connectivity index (χ0v) is 12.5. The Labute approximate surface area is 123 Å². The molecule has 2 aromatic rings. The van der Waals surface area contributed by atoms with Gasteiger partial charge >= 0.3 is 0 Å². The number of benzene rings is 2. The molecule has 0 saturated heterocycles. The van der Waals surface area contributed by atoms with Gasteiger partial charge in [-0.05, 0) is 42.3 Å². The molecule has 1 radical (unpaired) electrons. The summed E-state index contributed by atoms with van der Waals surface area (Å²) in [6.45, 7) is 10.7. The van der Waals surface area contributed by atoms with Gasteiger partial charge in [-0.25, -0.2) is 0 Å². The summed E-state index contributed by atoms with van der Waals surface area (Å²) in [5.41, 5.74) is 3.93. The largest absolute Gasteiger partial charge is 0.297 e. The van der Waals surface area contributed by atoms with Crippen LogP contribution in [0, 0.1) is 6.92 Å². The van der Waals surface area contributed by atoms with Gasteiger partial charge in [-0.2, -0.15) is 0 Å². The average Bonchev–Trinajstić information content (AvgIpc) is 2.53. The highest BCUT2D eigenvalue weighted by Gasteiger charge is 2.16. The van der Waals surface area contributed by atoms with Gasteiger partial charge in [0.05, 0.1) is 0 Å². The van der Waals surface area contributed by atoms with E-state index < -0.39 is 0 Å². The van der Waals surface area contributed by atoms with E-state index in [9.17, 15) is 0 Å². The predicted octanol–water partition coefficient (Wildman–Crippen LogP) is 4.96. The maximum absolute atomic E-state index is 4.14. The Morgan fingerprint density at radius 3 is 2.15 bits per heavy atom. The molecule has 0 N–H and O–H groups in total. The predicted molar refractivity (Wildman–Crippen MR) is 87.5 cm³/mol. The van der Waals surface area contributed by atoms with E-state index in [1.807, 2.05) is 0 Å². The van der Waals surface area contributed by atoms with E-state index in [-0.39, 0.29) is 0 Å². The second-order valence-corrected chi connectivity index (χ2v) is 5.02. The van der Waals surface area contributed by atoms with Gasteiger partial charge in [-0.15, -0.1) is 0 Å². The van der Waals surface area contributed by atoms with Crippen LogP contribution in [0.1, 0.15) is 31.9 Å². The molecule has 20 heavy (non-hydrogen) atoms. The summed E-state index contributed by atoms with van der Waals surface area (Å²) in [5, 5.41) is 0. The van der Waals surface area contributed by atoms with Crippen molar-refractivity contribution < 1.29 is 0 Å². The molecule has 2 aromatic carbocycles. The molecule has 0 spiro atoms. The molecule has 0 heterocycles. The van der Waals surface area contributed by atoms with Crippen LogP contribution in [-0.2, 0) is 0 Å². The number of hydrogen-bond acceptors (Lipinski definition) is 1. The molecule has 1 atom stereocenters. The minimum atomic E-state index is 0.411. The van der Waals surface area contributed by atoms with Gasteiger partial charge in [0.25, 0.3) is 0 Å². The van der Waals surface area contributed by atoms with Crippen molar-refractivity contribution in [3.63, 3.8) is 0 Å². The van der Waals surface area contributed by atoms with Crippen molar-refractivity contribution in [2.45, 2.75) is 26.3 Å². The molecule has 0 saturated carbocycles. The maximum Gasteiger partial charge on any atom is 0.0348 e. The van der Waals surface area contributed by atoms with Crippen LogP contribution in [0.3, 0.4) is 0 Å². The molecule has 0 bridgehead atoms. The Hall–Kier alpha value is -1.60. The second-order valence-electron chi connectivity index (χ2n) is 5.02. The van der Waals surface area contributed by atoms with Crippen molar-refractivity contribution in [2.75, 3.05) is 13.1 Å². The number of hydrogen-bond donors (Lipinski definition) is 0. The quantitative estimate of drug-likeness (QED) is 0.714. The van der Waals surface area contributed by atoms with Crippen LogP contribution in [0.25, 0.3) is 11.1 Å². The monoisotopic (exact) mass is 266 g/mol. The van der Waals surface area contributed by atoms with E-state index in [0.717, 1.165) is 19.5 Å². The zero-order valence-electron chi connectivity index (χ0n) is 12.5. The lowest BCUT2D eigenvalue weighted by atomic mass is 9.97. The van der Waals surface area contributed by atoms with Gasteiger partial charge in [0, 0.05) is 6.04 Å². The first-order valence-electron chi connectivity index (χ1n) is 7.48. The normalized spacial score (nSPS) is 12.6. The summed E-state index contributed by atoms with van der Waals surface area (Å²) in [7, 11) is 0. The van der Waals surface area contributed by atoms with Crippen LogP contribution in [0.4, 0.5) is 0 Å². The zero-order chi connectivity index (χ0) is 14.4. The average molecular weight is 266 g/mol. The topological polar surface area (TPSA) is 3.24 Å². The maximum atomic E-state index is 4.14. The van der Waals surface area contributed by atoms with E-state index in [1.165, 1.54) is 16.7 Å². The number of rotatable bonds is 6. The summed E-state index contributed by atoms with van der Waals surface area (Å²) in [6, 6.07) is 19.8. The molecule has 1 nitrogen and oxygen atoms in total. The fourth-order valence-electron chi connectivity index (χ4n) is 2.78. The Bertz CT molecular complexity index is 514. The Balaban J connectivity index is 2.33. The van der Waals surface area contributed by atoms with Crippen LogP contribution < -0.4 is 0 Å². The van der Waals surface area contributed by atoms with Crippen molar-refractivity contribution in [1.29, 1.82) is 0 Å². The lowest BCUT2D eigenvalue weighted by Crippen LogP contribution is -2.28. The molecular formula is C19H24N. The molecule has 0 fully saturated rings. The molecule has 0 aliphatic carbocycles. The second kappa shape index (κ2) is 7.25. The van der Waals surface area contributed by atoms with Gasteiger partial charge in [0.1, 0.15) is 0 Å². The van der Waals surface area contributed by atoms with Crippen LogP contribution in [0.15, 0.2) is 54.6 Å². The third kappa shape index (κ3) is 3.29. The van der Waals surface area contributed by atoms with Crippen LogP contribution in [-0.4, -0.2) is 18.0 Å². The molecule has 1 heteroatoms. The SMILES string of the molecule is [CH2]CC(c1cccc(-c2ccccc2)c1)N(CC)CC. The molecule has 0 aliphatic heterocycles. The van der Waals surface area contributed by atoms with Crippen molar-refractivity contribution in [2.24, 2.45) is 0 Å². The third-order valence-corrected chi connectivity index (χ3v) is 3.91. The van der Waals surface area contributed by atoms with Crippen molar-refractivity contribution >= 4 is 0 Å². The van der Waals surface area contributed by atoms with E-state index >= 15 is 0 Å². The fourth-order valence-corrected chi connectivity index (χ4v) is 2.78. The first-order chi connectivity index (χ1) is 9.80. The molecule has 2 rings (SSSR count). The van der Waals surface area contributed by atoms with Crippen molar-refractivity contribution in [3.05, 3.63) is 67.1 Å². The summed E-state index contributed by atoms with van der Waals surface area (Å²) in [6.07, 6.45) is 0.903. The summed E-state index contributed by atoms with van der Waals surface area (Å²) in [4.78, 5) is 2.47. The van der Waals surface area contributed by atoms with Gasteiger partial charge in [-0.3, -0.25) is 4.90 Å². The van der Waals surface area contributed by atoms with Gasteiger partial charge in [0.2, 0.25) is 0 Å². The fraction of sp³-hybridized carbons (Fsp3) is 0.316. The first kappa shape index (κ1) is 14.8. The van der Waals surface area contributed by atoms with E-state index in [0.29, 0.717) is 6.04 Å². The van der Waals surface area contributed by atoms with Crippen LogP contribution in [0.5, 0.6) is 0 Å².